The summed E-state index contributed by atoms with van der Waals surface area (Å²) in [5.41, 5.74) is 2.25. The Labute approximate surface area is 115 Å². The summed E-state index contributed by atoms with van der Waals surface area (Å²) in [6, 6.07) is 8.15. The van der Waals surface area contributed by atoms with Gasteiger partial charge in [-0.3, -0.25) is 9.69 Å². The maximum absolute atomic E-state index is 12.5. The Morgan fingerprint density at radius 3 is 2.68 bits per heavy atom. The fraction of sp³-hybridized carbons (Fsp3) is 0.533. The lowest BCUT2D eigenvalue weighted by molar-refractivity contribution is -0.123. The molecule has 0 aliphatic carbocycles. The summed E-state index contributed by atoms with van der Waals surface area (Å²) in [6.07, 6.45) is 1.02. The Morgan fingerprint density at radius 2 is 2.11 bits per heavy atom. The van der Waals surface area contributed by atoms with Gasteiger partial charge in [-0.05, 0) is 31.2 Å². The van der Waals surface area contributed by atoms with Crippen LogP contribution >= 0.6 is 0 Å². The molecular weight excluding hydrogens is 238 g/mol. The molecule has 1 saturated heterocycles. The molecule has 1 aliphatic rings. The third-order valence-corrected chi connectivity index (χ3v) is 3.86. The number of anilines is 1. The number of piperazine rings is 1. The number of hydrogen-bond acceptors (Lipinski definition) is 3. The first kappa shape index (κ1) is 14.0. The topological polar surface area (TPSA) is 35.6 Å². The average Bonchev–Trinajstić information content (AvgIpc) is 2.46. The maximum Gasteiger partial charge on any atom is 0.245 e. The summed E-state index contributed by atoms with van der Waals surface area (Å²) in [6.45, 7) is 4.73. The van der Waals surface area contributed by atoms with Crippen molar-refractivity contribution in [3.63, 3.8) is 0 Å². The van der Waals surface area contributed by atoms with E-state index in [0.29, 0.717) is 0 Å². The molecule has 0 radical (unpaired) electrons. The molecule has 0 spiro atoms. The van der Waals surface area contributed by atoms with Gasteiger partial charge in [0.15, 0.2) is 0 Å². The molecule has 0 saturated carbocycles. The molecule has 1 aromatic rings. The Morgan fingerprint density at radius 1 is 1.42 bits per heavy atom. The van der Waals surface area contributed by atoms with Crippen molar-refractivity contribution in [3.8, 4) is 0 Å². The highest BCUT2D eigenvalue weighted by Gasteiger charge is 2.28. The van der Waals surface area contributed by atoms with E-state index < -0.39 is 0 Å². The van der Waals surface area contributed by atoms with E-state index in [1.807, 2.05) is 26.2 Å². The third kappa shape index (κ3) is 3.14. The number of carbonyl (C=O) groups is 1. The quantitative estimate of drug-likeness (QED) is 0.885. The van der Waals surface area contributed by atoms with Crippen LogP contribution in [-0.2, 0) is 11.2 Å². The second kappa shape index (κ2) is 6.17. The molecule has 1 atom stereocenters. The molecule has 4 nitrogen and oxygen atoms in total. The van der Waals surface area contributed by atoms with E-state index >= 15 is 0 Å². The van der Waals surface area contributed by atoms with E-state index in [1.54, 1.807) is 4.90 Å². The highest BCUT2D eigenvalue weighted by atomic mass is 16.2. The predicted octanol–water partition coefficient (Wildman–Crippen LogP) is 1.12. The number of hydrogen-bond donors (Lipinski definition) is 1. The summed E-state index contributed by atoms with van der Waals surface area (Å²) < 4.78 is 0. The number of amides is 1. The van der Waals surface area contributed by atoms with Crippen LogP contribution in [0, 0.1) is 0 Å². The van der Waals surface area contributed by atoms with E-state index in [0.717, 1.165) is 31.7 Å². The van der Waals surface area contributed by atoms with E-state index in [2.05, 4.69) is 29.3 Å². The van der Waals surface area contributed by atoms with Crippen LogP contribution in [-0.4, -0.2) is 50.6 Å². The fourth-order valence-corrected chi connectivity index (χ4v) is 2.39. The molecule has 1 N–H and O–H groups in total. The molecule has 2 rings (SSSR count). The van der Waals surface area contributed by atoms with Crippen molar-refractivity contribution in [2.24, 2.45) is 0 Å². The number of carbonyl (C=O) groups excluding carboxylic acids is 1. The lowest BCUT2D eigenvalue weighted by atomic mass is 10.1. The lowest BCUT2D eigenvalue weighted by Crippen LogP contribution is -2.56. The molecule has 0 bridgehead atoms. The van der Waals surface area contributed by atoms with Crippen LogP contribution in [0.25, 0.3) is 0 Å². The Bertz CT molecular complexity index is 430. The van der Waals surface area contributed by atoms with Gasteiger partial charge in [0, 0.05) is 32.4 Å². The monoisotopic (exact) mass is 261 g/mol. The molecule has 104 valence electrons. The zero-order valence-electron chi connectivity index (χ0n) is 12.0. The third-order valence-electron chi connectivity index (χ3n) is 3.86. The summed E-state index contributed by atoms with van der Waals surface area (Å²) in [5, 5.41) is 3.28. The van der Waals surface area contributed by atoms with Crippen LogP contribution in [0.1, 0.15) is 12.5 Å². The normalized spacial score (nSPS) is 20.3. The van der Waals surface area contributed by atoms with Crippen LogP contribution in [0.15, 0.2) is 24.3 Å². The highest BCUT2D eigenvalue weighted by molar-refractivity contribution is 5.96. The largest absolute Gasteiger partial charge is 0.314 e. The first-order chi connectivity index (χ1) is 9.13. The van der Waals surface area contributed by atoms with Crippen molar-refractivity contribution in [2.75, 3.05) is 38.6 Å². The molecule has 1 amide bonds. The average molecular weight is 261 g/mol. The second-order valence-corrected chi connectivity index (χ2v) is 5.12. The van der Waals surface area contributed by atoms with E-state index in [9.17, 15) is 4.79 Å². The minimum absolute atomic E-state index is 0.0652. The van der Waals surface area contributed by atoms with Gasteiger partial charge < -0.3 is 10.2 Å². The molecule has 4 heteroatoms. The van der Waals surface area contributed by atoms with Gasteiger partial charge in [0.2, 0.25) is 5.91 Å². The van der Waals surface area contributed by atoms with Crippen LogP contribution in [0.3, 0.4) is 0 Å². The van der Waals surface area contributed by atoms with Gasteiger partial charge in [0.05, 0.1) is 0 Å². The van der Waals surface area contributed by atoms with Crippen molar-refractivity contribution < 1.29 is 4.79 Å². The van der Waals surface area contributed by atoms with Gasteiger partial charge in [-0.25, -0.2) is 0 Å². The van der Waals surface area contributed by atoms with Gasteiger partial charge in [-0.2, -0.15) is 0 Å². The number of rotatable bonds is 3. The van der Waals surface area contributed by atoms with Crippen molar-refractivity contribution in [3.05, 3.63) is 29.8 Å². The molecule has 1 fully saturated rings. The van der Waals surface area contributed by atoms with E-state index in [1.165, 1.54) is 5.56 Å². The number of aryl methyl sites for hydroxylation is 1. The molecular formula is C15H23N3O. The molecule has 1 aliphatic heterocycles. The Hall–Kier alpha value is -1.39. The highest BCUT2D eigenvalue weighted by Crippen LogP contribution is 2.16. The zero-order chi connectivity index (χ0) is 13.8. The molecule has 1 heterocycles. The van der Waals surface area contributed by atoms with Gasteiger partial charge in [-0.15, -0.1) is 0 Å². The fourth-order valence-electron chi connectivity index (χ4n) is 2.39. The van der Waals surface area contributed by atoms with Gasteiger partial charge >= 0.3 is 0 Å². The number of likely N-dealkylation sites (N-methyl/N-ethyl adjacent to an activating group) is 2. The molecule has 1 unspecified atom stereocenters. The minimum Gasteiger partial charge on any atom is -0.314 e. The smallest absolute Gasteiger partial charge is 0.245 e. The van der Waals surface area contributed by atoms with Crippen LogP contribution in [0.2, 0.25) is 0 Å². The second-order valence-electron chi connectivity index (χ2n) is 5.12. The number of benzene rings is 1. The van der Waals surface area contributed by atoms with Crippen molar-refractivity contribution >= 4 is 11.6 Å². The van der Waals surface area contributed by atoms with Crippen molar-refractivity contribution in [2.45, 2.75) is 19.4 Å². The van der Waals surface area contributed by atoms with Crippen molar-refractivity contribution in [1.82, 2.24) is 10.2 Å². The van der Waals surface area contributed by atoms with Crippen molar-refractivity contribution in [1.29, 1.82) is 0 Å². The summed E-state index contributed by atoms with van der Waals surface area (Å²) in [5.74, 6) is 0.152. The van der Waals surface area contributed by atoms with Gasteiger partial charge in [0.25, 0.3) is 0 Å². The molecule has 19 heavy (non-hydrogen) atoms. The molecule has 1 aromatic carbocycles. The minimum atomic E-state index is -0.0652. The lowest BCUT2D eigenvalue weighted by Gasteiger charge is -2.34. The van der Waals surface area contributed by atoms with Crippen LogP contribution in [0.5, 0.6) is 0 Å². The van der Waals surface area contributed by atoms with Crippen LogP contribution < -0.4 is 10.2 Å². The van der Waals surface area contributed by atoms with Gasteiger partial charge in [0.1, 0.15) is 6.04 Å². The Kier molecular flexibility index (Phi) is 4.56. The molecule has 0 aromatic heterocycles. The summed E-state index contributed by atoms with van der Waals surface area (Å²) in [7, 11) is 3.86. The first-order valence-corrected chi connectivity index (χ1v) is 6.91. The zero-order valence-corrected chi connectivity index (χ0v) is 12.0. The standard InChI is InChI=1S/C15H23N3O/c1-4-12-5-7-13(8-6-12)18(3)15(19)14-11-16-9-10-17(14)2/h5-8,14,16H,4,9-11H2,1-3H3. The summed E-state index contributed by atoms with van der Waals surface area (Å²) in [4.78, 5) is 16.4. The number of nitrogens with one attached hydrogen (secondary N) is 1. The van der Waals surface area contributed by atoms with Gasteiger partial charge in [-0.1, -0.05) is 19.1 Å². The number of nitrogens with zero attached hydrogens (tertiary/aromatic N) is 2. The summed E-state index contributed by atoms with van der Waals surface area (Å²) >= 11 is 0. The first-order valence-electron chi connectivity index (χ1n) is 6.91. The van der Waals surface area contributed by atoms with Crippen LogP contribution in [0.4, 0.5) is 5.69 Å². The van der Waals surface area contributed by atoms with E-state index in [4.69, 9.17) is 0 Å². The Balaban J connectivity index is 2.08. The SMILES string of the molecule is CCc1ccc(N(C)C(=O)C2CNCCN2C)cc1. The predicted molar refractivity (Wildman–Crippen MR) is 78.5 cm³/mol. The van der Waals surface area contributed by atoms with E-state index in [-0.39, 0.29) is 11.9 Å². The maximum atomic E-state index is 12.5.